The molecular weight excluding hydrogens is 374 g/mol. The molecule has 0 radical (unpaired) electrons. The largest absolute Gasteiger partial charge is 0.342 e. The van der Waals surface area contributed by atoms with Crippen LogP contribution in [0.5, 0.6) is 0 Å². The number of thiophene rings is 1. The molecule has 1 aromatic carbocycles. The Hall–Kier alpha value is -1.92. The molecule has 1 aliphatic carbocycles. The number of carbonyl (C=O) groups is 1. The molecule has 0 saturated heterocycles. The summed E-state index contributed by atoms with van der Waals surface area (Å²) in [6.07, 6.45) is 5.15. The Kier molecular flexibility index (Phi) is 5.74. The van der Waals surface area contributed by atoms with Crippen molar-refractivity contribution in [3.8, 4) is 10.4 Å². The number of rotatable bonds is 8. The smallest absolute Gasteiger partial charge is 0.232 e. The van der Waals surface area contributed by atoms with E-state index in [2.05, 4.69) is 35.1 Å². The molecule has 6 heteroatoms. The van der Waals surface area contributed by atoms with E-state index in [4.69, 9.17) is 0 Å². The monoisotopic (exact) mass is 397 g/mol. The molecule has 1 amide bonds. The average Bonchev–Trinajstić information content (AvgIpc) is 3.41. The summed E-state index contributed by atoms with van der Waals surface area (Å²) in [6, 6.07) is 12.5. The van der Waals surface area contributed by atoms with Gasteiger partial charge in [-0.1, -0.05) is 49.0 Å². The minimum Gasteiger partial charge on any atom is -0.342 e. The number of thioether (sulfide) groups is 1. The molecule has 1 saturated carbocycles. The lowest BCUT2D eigenvalue weighted by Gasteiger charge is -2.21. The van der Waals surface area contributed by atoms with Gasteiger partial charge in [0, 0.05) is 23.4 Å². The van der Waals surface area contributed by atoms with Crippen LogP contribution in [0.4, 0.5) is 0 Å². The molecule has 3 aromatic rings. The zero-order chi connectivity index (χ0) is 18.6. The van der Waals surface area contributed by atoms with Crippen LogP contribution in [-0.2, 0) is 4.79 Å². The van der Waals surface area contributed by atoms with E-state index in [9.17, 15) is 4.79 Å². The maximum absolute atomic E-state index is 12.7. The van der Waals surface area contributed by atoms with E-state index in [0.717, 1.165) is 40.7 Å². The number of hydrogen-bond donors (Lipinski definition) is 0. The van der Waals surface area contributed by atoms with E-state index in [1.807, 2.05) is 23.1 Å². The van der Waals surface area contributed by atoms with Gasteiger partial charge >= 0.3 is 0 Å². The van der Waals surface area contributed by atoms with Gasteiger partial charge in [0.1, 0.15) is 16.2 Å². The van der Waals surface area contributed by atoms with E-state index in [0.29, 0.717) is 5.75 Å². The van der Waals surface area contributed by atoms with Crippen LogP contribution in [0.2, 0.25) is 0 Å². The number of nitrogens with zero attached hydrogens (tertiary/aromatic N) is 3. The Morgan fingerprint density at radius 2 is 2.07 bits per heavy atom. The molecule has 140 valence electrons. The molecule has 0 spiro atoms. The van der Waals surface area contributed by atoms with E-state index >= 15 is 0 Å². The minimum absolute atomic E-state index is 0.221. The Bertz CT molecular complexity index is 922. The number of benzene rings is 1. The summed E-state index contributed by atoms with van der Waals surface area (Å²) in [5.74, 6) is 1.38. The summed E-state index contributed by atoms with van der Waals surface area (Å²) in [7, 11) is 0. The number of hydrogen-bond acceptors (Lipinski definition) is 5. The second kappa shape index (κ2) is 8.40. The predicted octanol–water partition coefficient (Wildman–Crippen LogP) is 5.10. The van der Waals surface area contributed by atoms with Gasteiger partial charge < -0.3 is 4.90 Å². The summed E-state index contributed by atoms with van der Waals surface area (Å²) in [6.45, 7) is 3.90. The van der Waals surface area contributed by atoms with Crippen molar-refractivity contribution in [2.75, 3.05) is 18.8 Å². The standard InChI is InChI=1S/C21H23N3OS2/c1-2-10-24(12-15-8-9-15)19(25)13-26-20-17-11-18(16-6-4-3-5-7-16)27-21(17)23-14-22-20/h3-7,11,14-15H,2,8-10,12-13H2,1H3. The fraction of sp³-hybridized carbons (Fsp3) is 0.381. The van der Waals surface area contributed by atoms with Crippen molar-refractivity contribution in [3.63, 3.8) is 0 Å². The van der Waals surface area contributed by atoms with Gasteiger partial charge in [-0.3, -0.25) is 4.79 Å². The number of aromatic nitrogens is 2. The maximum Gasteiger partial charge on any atom is 0.232 e. The zero-order valence-corrected chi connectivity index (χ0v) is 17.1. The Labute approximate surface area is 168 Å². The lowest BCUT2D eigenvalue weighted by atomic mass is 10.2. The zero-order valence-electron chi connectivity index (χ0n) is 15.4. The van der Waals surface area contributed by atoms with Gasteiger partial charge in [-0.2, -0.15) is 0 Å². The minimum atomic E-state index is 0.221. The van der Waals surface area contributed by atoms with E-state index < -0.39 is 0 Å². The maximum atomic E-state index is 12.7. The van der Waals surface area contributed by atoms with E-state index in [-0.39, 0.29) is 5.91 Å². The molecule has 0 N–H and O–H groups in total. The van der Waals surface area contributed by atoms with Crippen LogP contribution in [-0.4, -0.2) is 39.6 Å². The third-order valence-corrected chi connectivity index (χ3v) is 6.79. The topological polar surface area (TPSA) is 46.1 Å². The fourth-order valence-corrected chi connectivity index (χ4v) is 5.06. The summed E-state index contributed by atoms with van der Waals surface area (Å²) in [5, 5.41) is 1.94. The van der Waals surface area contributed by atoms with Crippen LogP contribution in [0, 0.1) is 5.92 Å². The quantitative estimate of drug-likeness (QED) is 0.392. The van der Waals surface area contributed by atoms with Crippen LogP contribution >= 0.6 is 23.1 Å². The molecule has 1 aliphatic rings. The second-order valence-corrected chi connectivity index (χ2v) is 8.94. The first kappa shape index (κ1) is 18.4. The van der Waals surface area contributed by atoms with Gasteiger partial charge in [0.05, 0.1) is 5.75 Å². The lowest BCUT2D eigenvalue weighted by Crippen LogP contribution is -2.34. The summed E-state index contributed by atoms with van der Waals surface area (Å²) in [5.41, 5.74) is 1.19. The van der Waals surface area contributed by atoms with Crippen molar-refractivity contribution >= 4 is 39.2 Å². The first-order valence-electron chi connectivity index (χ1n) is 9.45. The van der Waals surface area contributed by atoms with Crippen LogP contribution in [0.25, 0.3) is 20.7 Å². The van der Waals surface area contributed by atoms with Crippen LogP contribution in [0.15, 0.2) is 47.8 Å². The highest BCUT2D eigenvalue weighted by atomic mass is 32.2. The van der Waals surface area contributed by atoms with E-state index in [1.54, 1.807) is 17.7 Å². The molecule has 4 rings (SSSR count). The SMILES string of the molecule is CCCN(CC1CC1)C(=O)CSc1ncnc2sc(-c3ccccc3)cc12. The van der Waals surface area contributed by atoms with Gasteiger partial charge in [0.15, 0.2) is 0 Å². The van der Waals surface area contributed by atoms with Crippen molar-refractivity contribution in [2.24, 2.45) is 5.92 Å². The van der Waals surface area contributed by atoms with Crippen molar-refractivity contribution in [3.05, 3.63) is 42.7 Å². The highest BCUT2D eigenvalue weighted by Crippen LogP contribution is 2.36. The molecule has 0 aliphatic heterocycles. The molecule has 2 heterocycles. The Morgan fingerprint density at radius 3 is 2.81 bits per heavy atom. The summed E-state index contributed by atoms with van der Waals surface area (Å²) < 4.78 is 0. The highest BCUT2D eigenvalue weighted by molar-refractivity contribution is 8.00. The number of fused-ring (bicyclic) bond motifs is 1. The first-order chi connectivity index (χ1) is 13.2. The summed E-state index contributed by atoms with van der Waals surface area (Å²) in [4.78, 5) is 25.8. The molecule has 0 unspecified atom stereocenters. The average molecular weight is 398 g/mol. The Balaban J connectivity index is 1.49. The predicted molar refractivity (Wildman–Crippen MR) is 113 cm³/mol. The van der Waals surface area contributed by atoms with Gasteiger partial charge in [0.25, 0.3) is 0 Å². The summed E-state index contributed by atoms with van der Waals surface area (Å²) >= 11 is 3.20. The molecule has 4 nitrogen and oxygen atoms in total. The third kappa shape index (κ3) is 4.50. The lowest BCUT2D eigenvalue weighted by molar-refractivity contribution is -0.128. The molecule has 0 atom stereocenters. The van der Waals surface area contributed by atoms with Crippen molar-refractivity contribution in [1.82, 2.24) is 14.9 Å². The fourth-order valence-electron chi connectivity index (χ4n) is 3.11. The molecule has 0 bridgehead atoms. The first-order valence-corrected chi connectivity index (χ1v) is 11.3. The molecule has 27 heavy (non-hydrogen) atoms. The molecule has 1 fully saturated rings. The van der Waals surface area contributed by atoms with Gasteiger partial charge in [-0.25, -0.2) is 9.97 Å². The van der Waals surface area contributed by atoms with E-state index in [1.165, 1.54) is 35.0 Å². The highest BCUT2D eigenvalue weighted by Gasteiger charge is 2.26. The molecular formula is C21H23N3OS2. The van der Waals surface area contributed by atoms with Gasteiger partial charge in [-0.15, -0.1) is 11.3 Å². The van der Waals surface area contributed by atoms with Crippen molar-refractivity contribution < 1.29 is 4.79 Å². The van der Waals surface area contributed by atoms with Gasteiger partial charge in [-0.05, 0) is 36.8 Å². The Morgan fingerprint density at radius 1 is 1.26 bits per heavy atom. The normalized spacial score (nSPS) is 13.8. The van der Waals surface area contributed by atoms with Crippen LogP contribution in [0.1, 0.15) is 26.2 Å². The van der Waals surface area contributed by atoms with Crippen molar-refractivity contribution in [1.29, 1.82) is 0 Å². The van der Waals surface area contributed by atoms with Crippen LogP contribution in [0.3, 0.4) is 0 Å². The van der Waals surface area contributed by atoms with Crippen LogP contribution < -0.4 is 0 Å². The third-order valence-electron chi connectivity index (χ3n) is 4.71. The van der Waals surface area contributed by atoms with Gasteiger partial charge in [0.2, 0.25) is 5.91 Å². The van der Waals surface area contributed by atoms with Crippen molar-refractivity contribution in [2.45, 2.75) is 31.2 Å². The molecule has 2 aromatic heterocycles. The second-order valence-electron chi connectivity index (χ2n) is 6.95. The number of amides is 1. The number of carbonyl (C=O) groups excluding carboxylic acids is 1.